The molecule has 1 fully saturated rings. The summed E-state index contributed by atoms with van der Waals surface area (Å²) in [5.41, 5.74) is 1.24. The van der Waals surface area contributed by atoms with Gasteiger partial charge in [0, 0.05) is 29.8 Å². The van der Waals surface area contributed by atoms with Gasteiger partial charge in [-0.3, -0.25) is 14.4 Å². The van der Waals surface area contributed by atoms with Gasteiger partial charge in [-0.1, -0.05) is 41.4 Å². The van der Waals surface area contributed by atoms with Crippen molar-refractivity contribution in [1.29, 1.82) is 0 Å². The van der Waals surface area contributed by atoms with Gasteiger partial charge in [0.1, 0.15) is 0 Å². The molecule has 7 nitrogen and oxygen atoms in total. The molecule has 1 aliphatic rings. The molecule has 158 valence electrons. The van der Waals surface area contributed by atoms with Crippen LogP contribution in [0.2, 0.25) is 10.0 Å². The summed E-state index contributed by atoms with van der Waals surface area (Å²) in [5, 5.41) is 9.02. The molecule has 1 atom stereocenters. The van der Waals surface area contributed by atoms with Crippen molar-refractivity contribution in [1.82, 2.24) is 15.5 Å². The quantitative estimate of drug-likeness (QED) is 0.606. The molecule has 0 bridgehead atoms. The molecule has 1 aliphatic heterocycles. The Morgan fingerprint density at radius 2 is 1.77 bits per heavy atom. The van der Waals surface area contributed by atoms with E-state index in [1.165, 1.54) is 18.2 Å². The molecule has 1 heterocycles. The first kappa shape index (κ1) is 21.9. The summed E-state index contributed by atoms with van der Waals surface area (Å²) in [6.45, 7) is 0.831. The Morgan fingerprint density at radius 3 is 2.50 bits per heavy atom. The third-order valence-electron chi connectivity index (χ3n) is 4.71. The van der Waals surface area contributed by atoms with Crippen LogP contribution in [0.1, 0.15) is 16.8 Å². The second-order valence-electron chi connectivity index (χ2n) is 6.92. The Morgan fingerprint density at radius 1 is 1.00 bits per heavy atom. The molecule has 0 spiro atoms. The lowest BCUT2D eigenvalue weighted by Crippen LogP contribution is -2.43. The number of amides is 3. The molecule has 3 N–H and O–H groups in total. The van der Waals surface area contributed by atoms with Crippen LogP contribution in [-0.4, -0.2) is 54.8 Å². The predicted octanol–water partition coefficient (Wildman–Crippen LogP) is 2.55. The molecule has 0 saturated carbocycles. The van der Waals surface area contributed by atoms with Crippen LogP contribution >= 0.6 is 23.2 Å². The van der Waals surface area contributed by atoms with Crippen LogP contribution in [0.4, 0.5) is 5.69 Å². The lowest BCUT2D eigenvalue weighted by atomic mass is 10.2. The average molecular weight is 449 g/mol. The first-order chi connectivity index (χ1) is 14.4. The molecule has 2 aromatic carbocycles. The van der Waals surface area contributed by atoms with Crippen molar-refractivity contribution in [2.75, 3.05) is 31.5 Å². The number of nitrogens with zero attached hydrogens (tertiary/aromatic N) is 1. The van der Waals surface area contributed by atoms with Crippen LogP contribution in [0.25, 0.3) is 0 Å². The standard InChI is InChI=1S/C21H22Cl2N4O3/c22-14-6-7-17(18(23)10-14)21(30)25-11-19(28)24-12-20(29)27-9-8-16(13-27)26-15-4-2-1-3-5-15/h1-7,10,16,26H,8-9,11-13H2,(H,24,28)(H,25,30). The van der Waals surface area contributed by atoms with E-state index in [1.54, 1.807) is 4.90 Å². The van der Waals surface area contributed by atoms with Crippen molar-refractivity contribution < 1.29 is 14.4 Å². The summed E-state index contributed by atoms with van der Waals surface area (Å²) in [6, 6.07) is 14.5. The number of halogens is 2. The second kappa shape index (κ2) is 10.3. The highest BCUT2D eigenvalue weighted by Crippen LogP contribution is 2.20. The van der Waals surface area contributed by atoms with Gasteiger partial charge in [0.15, 0.2) is 0 Å². The number of benzene rings is 2. The van der Waals surface area contributed by atoms with Crippen molar-refractivity contribution >= 4 is 46.6 Å². The third-order valence-corrected chi connectivity index (χ3v) is 5.26. The van der Waals surface area contributed by atoms with Crippen molar-refractivity contribution in [2.45, 2.75) is 12.5 Å². The van der Waals surface area contributed by atoms with E-state index in [1.807, 2.05) is 30.3 Å². The van der Waals surface area contributed by atoms with Crippen LogP contribution in [0.5, 0.6) is 0 Å². The molecular weight excluding hydrogens is 427 g/mol. The number of hydrogen-bond donors (Lipinski definition) is 3. The minimum absolute atomic E-state index is 0.117. The maximum atomic E-state index is 12.4. The highest BCUT2D eigenvalue weighted by Gasteiger charge is 2.26. The first-order valence-corrected chi connectivity index (χ1v) is 10.3. The highest BCUT2D eigenvalue weighted by atomic mass is 35.5. The Bertz CT molecular complexity index is 924. The van der Waals surface area contributed by atoms with E-state index in [0.29, 0.717) is 18.1 Å². The number of hydrogen-bond acceptors (Lipinski definition) is 4. The van der Waals surface area contributed by atoms with E-state index >= 15 is 0 Å². The zero-order valence-electron chi connectivity index (χ0n) is 16.2. The second-order valence-corrected chi connectivity index (χ2v) is 7.76. The Kier molecular flexibility index (Phi) is 7.54. The molecule has 0 aliphatic carbocycles. The number of para-hydroxylation sites is 1. The van der Waals surface area contributed by atoms with E-state index in [2.05, 4.69) is 16.0 Å². The van der Waals surface area contributed by atoms with Gasteiger partial charge >= 0.3 is 0 Å². The fraction of sp³-hybridized carbons (Fsp3) is 0.286. The van der Waals surface area contributed by atoms with Crippen LogP contribution in [0.15, 0.2) is 48.5 Å². The summed E-state index contributed by atoms with van der Waals surface area (Å²) in [5.74, 6) is -1.11. The number of rotatable bonds is 7. The third kappa shape index (κ3) is 6.11. The number of carbonyl (C=O) groups excluding carboxylic acids is 3. The van der Waals surface area contributed by atoms with Crippen molar-refractivity contribution in [3.63, 3.8) is 0 Å². The lowest BCUT2D eigenvalue weighted by Gasteiger charge is -2.18. The van der Waals surface area contributed by atoms with Gasteiger partial charge in [-0.05, 0) is 36.8 Å². The van der Waals surface area contributed by atoms with Gasteiger partial charge in [-0.25, -0.2) is 0 Å². The van der Waals surface area contributed by atoms with E-state index in [0.717, 1.165) is 12.1 Å². The molecule has 1 saturated heterocycles. The highest BCUT2D eigenvalue weighted by molar-refractivity contribution is 6.36. The van der Waals surface area contributed by atoms with Gasteiger partial charge < -0.3 is 20.9 Å². The van der Waals surface area contributed by atoms with Crippen molar-refractivity contribution in [3.05, 3.63) is 64.1 Å². The van der Waals surface area contributed by atoms with Crippen molar-refractivity contribution in [2.24, 2.45) is 0 Å². The first-order valence-electron chi connectivity index (χ1n) is 9.51. The normalized spacial score (nSPS) is 15.5. The van der Waals surface area contributed by atoms with Gasteiger partial charge in [-0.2, -0.15) is 0 Å². The Balaban J connectivity index is 1.38. The van der Waals surface area contributed by atoms with Crippen molar-refractivity contribution in [3.8, 4) is 0 Å². The van der Waals surface area contributed by atoms with E-state index in [9.17, 15) is 14.4 Å². The summed E-state index contributed by atoms with van der Waals surface area (Å²) < 4.78 is 0. The van der Waals surface area contributed by atoms with Gasteiger partial charge in [-0.15, -0.1) is 0 Å². The Labute approximate surface area is 184 Å². The lowest BCUT2D eigenvalue weighted by molar-refractivity contribution is -0.131. The van der Waals surface area contributed by atoms with Crippen LogP contribution in [0, 0.1) is 0 Å². The van der Waals surface area contributed by atoms with Crippen LogP contribution < -0.4 is 16.0 Å². The fourth-order valence-corrected chi connectivity index (χ4v) is 3.65. The SMILES string of the molecule is O=C(CNC(=O)c1ccc(Cl)cc1Cl)NCC(=O)N1CCC(Nc2ccccc2)C1. The Hall–Kier alpha value is -2.77. The predicted molar refractivity (Wildman–Crippen MR) is 117 cm³/mol. The van der Waals surface area contributed by atoms with Crippen LogP contribution in [-0.2, 0) is 9.59 Å². The maximum Gasteiger partial charge on any atom is 0.253 e. The summed E-state index contributed by atoms with van der Waals surface area (Å²) in [4.78, 5) is 38.2. The minimum Gasteiger partial charge on any atom is -0.380 e. The van der Waals surface area contributed by atoms with E-state index in [4.69, 9.17) is 23.2 Å². The summed E-state index contributed by atoms with van der Waals surface area (Å²) in [7, 11) is 0. The molecule has 3 rings (SSSR count). The number of anilines is 1. The molecule has 0 radical (unpaired) electrons. The number of carbonyl (C=O) groups is 3. The smallest absolute Gasteiger partial charge is 0.253 e. The zero-order chi connectivity index (χ0) is 21.5. The van der Waals surface area contributed by atoms with E-state index < -0.39 is 11.8 Å². The monoisotopic (exact) mass is 448 g/mol. The molecule has 9 heteroatoms. The number of nitrogens with one attached hydrogen (secondary N) is 3. The number of likely N-dealkylation sites (tertiary alicyclic amines) is 1. The summed E-state index contributed by atoms with van der Waals surface area (Å²) in [6.07, 6.45) is 0.840. The fourth-order valence-electron chi connectivity index (χ4n) is 3.15. The van der Waals surface area contributed by atoms with Gasteiger partial charge in [0.25, 0.3) is 5.91 Å². The van der Waals surface area contributed by atoms with Crippen LogP contribution in [0.3, 0.4) is 0 Å². The average Bonchev–Trinajstić information content (AvgIpc) is 3.19. The van der Waals surface area contributed by atoms with Gasteiger partial charge in [0.05, 0.1) is 23.7 Å². The molecule has 0 aromatic heterocycles. The largest absolute Gasteiger partial charge is 0.380 e. The molecule has 30 heavy (non-hydrogen) atoms. The molecule has 1 unspecified atom stereocenters. The van der Waals surface area contributed by atoms with E-state index in [-0.39, 0.29) is 35.6 Å². The van der Waals surface area contributed by atoms with Gasteiger partial charge in [0.2, 0.25) is 11.8 Å². The molecule has 3 amide bonds. The summed E-state index contributed by atoms with van der Waals surface area (Å²) >= 11 is 11.8. The molecular formula is C21H22Cl2N4O3. The zero-order valence-corrected chi connectivity index (χ0v) is 17.7. The topological polar surface area (TPSA) is 90.5 Å². The maximum absolute atomic E-state index is 12.4. The molecule has 2 aromatic rings. The minimum atomic E-state index is -0.493.